The summed E-state index contributed by atoms with van der Waals surface area (Å²) in [5.74, 6) is -0.943. The molecule has 1 atom stereocenters. The van der Waals surface area contributed by atoms with Gasteiger partial charge in [-0.05, 0) is 50.6 Å². The van der Waals surface area contributed by atoms with E-state index in [0.717, 1.165) is 11.1 Å². The maximum Gasteiger partial charge on any atom is 0.342 e. The number of ether oxygens (including phenoxy) is 2. The molecule has 0 aliphatic heterocycles. The number of aromatic hydroxyl groups is 1. The Balaban J connectivity index is 2.09. The first-order valence-corrected chi connectivity index (χ1v) is 7.78. The molecule has 0 fully saturated rings. The number of nitrogens with one attached hydrogen (secondary N) is 1. The van der Waals surface area contributed by atoms with Crippen molar-refractivity contribution in [2.24, 2.45) is 0 Å². The van der Waals surface area contributed by atoms with Crippen molar-refractivity contribution < 1.29 is 24.2 Å². The zero-order valence-electron chi connectivity index (χ0n) is 14.6. The van der Waals surface area contributed by atoms with Crippen LogP contribution in [-0.4, -0.2) is 30.2 Å². The van der Waals surface area contributed by atoms with E-state index in [0.29, 0.717) is 11.4 Å². The number of hydrogen-bond donors (Lipinski definition) is 2. The van der Waals surface area contributed by atoms with Crippen molar-refractivity contribution >= 4 is 17.6 Å². The predicted octanol–water partition coefficient (Wildman–Crippen LogP) is 3.20. The van der Waals surface area contributed by atoms with Gasteiger partial charge in [-0.3, -0.25) is 4.79 Å². The molecule has 2 rings (SSSR count). The van der Waals surface area contributed by atoms with E-state index in [9.17, 15) is 14.7 Å². The van der Waals surface area contributed by atoms with E-state index in [-0.39, 0.29) is 11.3 Å². The highest BCUT2D eigenvalue weighted by Crippen LogP contribution is 2.25. The Labute approximate surface area is 146 Å². The van der Waals surface area contributed by atoms with E-state index in [4.69, 9.17) is 9.47 Å². The quantitative estimate of drug-likeness (QED) is 0.815. The molecule has 0 saturated heterocycles. The highest BCUT2D eigenvalue weighted by Gasteiger charge is 2.22. The summed E-state index contributed by atoms with van der Waals surface area (Å²) in [6.07, 6.45) is -1.04. The van der Waals surface area contributed by atoms with Crippen molar-refractivity contribution in [1.82, 2.24) is 0 Å². The zero-order chi connectivity index (χ0) is 18.6. The van der Waals surface area contributed by atoms with Crippen LogP contribution in [0.5, 0.6) is 11.5 Å². The summed E-state index contributed by atoms with van der Waals surface area (Å²) in [7, 11) is 1.50. The van der Waals surface area contributed by atoms with Crippen LogP contribution in [0.3, 0.4) is 0 Å². The number of anilines is 1. The van der Waals surface area contributed by atoms with E-state index in [1.165, 1.54) is 26.2 Å². The average Bonchev–Trinajstić information content (AvgIpc) is 2.57. The second kappa shape index (κ2) is 7.70. The van der Waals surface area contributed by atoms with E-state index in [1.54, 1.807) is 25.1 Å². The number of benzene rings is 2. The molecule has 25 heavy (non-hydrogen) atoms. The number of rotatable bonds is 5. The van der Waals surface area contributed by atoms with Gasteiger partial charge in [0, 0.05) is 0 Å². The van der Waals surface area contributed by atoms with Crippen LogP contribution >= 0.6 is 0 Å². The Morgan fingerprint density at radius 1 is 1.08 bits per heavy atom. The number of carbonyl (C=O) groups is 2. The third-order valence-corrected chi connectivity index (χ3v) is 3.64. The summed E-state index contributed by atoms with van der Waals surface area (Å²) in [4.78, 5) is 24.5. The van der Waals surface area contributed by atoms with Crippen LogP contribution in [0.2, 0.25) is 0 Å². The minimum absolute atomic E-state index is 0.0211. The summed E-state index contributed by atoms with van der Waals surface area (Å²) in [6, 6.07) is 9.95. The van der Waals surface area contributed by atoms with Gasteiger partial charge in [-0.25, -0.2) is 4.79 Å². The fourth-order valence-corrected chi connectivity index (χ4v) is 2.24. The molecule has 0 aromatic heterocycles. The maximum atomic E-state index is 12.3. The fraction of sp³-hybridized carbons (Fsp3) is 0.263. The minimum atomic E-state index is -1.04. The first kappa shape index (κ1) is 18.3. The minimum Gasteiger partial charge on any atom is -0.507 e. The van der Waals surface area contributed by atoms with Gasteiger partial charge >= 0.3 is 5.97 Å². The molecule has 132 valence electrons. The van der Waals surface area contributed by atoms with Crippen LogP contribution < -0.4 is 10.1 Å². The smallest absolute Gasteiger partial charge is 0.342 e. The number of phenolic OH excluding ortho intramolecular Hbond substituents is 1. The highest BCUT2D eigenvalue weighted by molar-refractivity contribution is 5.99. The van der Waals surface area contributed by atoms with Crippen LogP contribution in [0.1, 0.15) is 28.4 Å². The monoisotopic (exact) mass is 343 g/mol. The van der Waals surface area contributed by atoms with E-state index in [1.807, 2.05) is 13.0 Å². The molecule has 0 heterocycles. The maximum absolute atomic E-state index is 12.3. The summed E-state index contributed by atoms with van der Waals surface area (Å²) < 4.78 is 10.4. The molecule has 0 saturated carbocycles. The van der Waals surface area contributed by atoms with Crippen LogP contribution in [0.4, 0.5) is 5.69 Å². The first-order chi connectivity index (χ1) is 11.8. The molecule has 0 radical (unpaired) electrons. The van der Waals surface area contributed by atoms with Crippen molar-refractivity contribution in [2.75, 3.05) is 12.4 Å². The molecule has 0 bridgehead atoms. The topological polar surface area (TPSA) is 84.9 Å². The second-order valence-electron chi connectivity index (χ2n) is 5.76. The Morgan fingerprint density at radius 2 is 1.72 bits per heavy atom. The van der Waals surface area contributed by atoms with Crippen molar-refractivity contribution in [3.8, 4) is 11.5 Å². The van der Waals surface area contributed by atoms with Gasteiger partial charge in [0.15, 0.2) is 6.10 Å². The number of phenols is 1. The van der Waals surface area contributed by atoms with Crippen LogP contribution in [0.15, 0.2) is 36.4 Å². The van der Waals surface area contributed by atoms with E-state index < -0.39 is 18.0 Å². The lowest BCUT2D eigenvalue weighted by Gasteiger charge is -2.16. The van der Waals surface area contributed by atoms with Gasteiger partial charge in [0.05, 0.1) is 12.8 Å². The Hall–Kier alpha value is -3.02. The molecule has 6 nitrogen and oxygen atoms in total. The third kappa shape index (κ3) is 4.50. The van der Waals surface area contributed by atoms with Crippen LogP contribution in [-0.2, 0) is 9.53 Å². The molecule has 6 heteroatoms. The molecule has 2 aromatic carbocycles. The Bertz CT molecular complexity index is 800. The van der Waals surface area contributed by atoms with Crippen molar-refractivity contribution in [1.29, 1.82) is 0 Å². The number of hydrogen-bond acceptors (Lipinski definition) is 5. The number of esters is 1. The van der Waals surface area contributed by atoms with Crippen molar-refractivity contribution in [3.05, 3.63) is 53.1 Å². The molecule has 2 N–H and O–H groups in total. The van der Waals surface area contributed by atoms with Gasteiger partial charge in [0.25, 0.3) is 5.91 Å². The predicted molar refractivity (Wildman–Crippen MR) is 94.1 cm³/mol. The second-order valence-corrected chi connectivity index (χ2v) is 5.76. The van der Waals surface area contributed by atoms with E-state index in [2.05, 4.69) is 5.32 Å². The largest absolute Gasteiger partial charge is 0.507 e. The van der Waals surface area contributed by atoms with Crippen molar-refractivity contribution in [3.63, 3.8) is 0 Å². The third-order valence-electron chi connectivity index (χ3n) is 3.64. The number of methoxy groups -OCH3 is 1. The molecule has 1 amide bonds. The van der Waals surface area contributed by atoms with Gasteiger partial charge in [0.1, 0.15) is 17.1 Å². The van der Waals surface area contributed by atoms with Gasteiger partial charge < -0.3 is 19.9 Å². The average molecular weight is 343 g/mol. The summed E-state index contributed by atoms with van der Waals surface area (Å²) >= 11 is 0. The number of amides is 1. The lowest BCUT2D eigenvalue weighted by Crippen LogP contribution is -2.30. The zero-order valence-corrected chi connectivity index (χ0v) is 14.6. The Morgan fingerprint density at radius 3 is 2.40 bits per heavy atom. The van der Waals surface area contributed by atoms with Gasteiger partial charge in [-0.2, -0.15) is 0 Å². The van der Waals surface area contributed by atoms with Gasteiger partial charge in [0.2, 0.25) is 0 Å². The lowest BCUT2D eigenvalue weighted by atomic mass is 10.1. The summed E-state index contributed by atoms with van der Waals surface area (Å²) in [6.45, 7) is 5.14. The molecular formula is C19H21NO5. The van der Waals surface area contributed by atoms with Crippen LogP contribution in [0.25, 0.3) is 0 Å². The van der Waals surface area contributed by atoms with Gasteiger partial charge in [-0.1, -0.05) is 17.7 Å². The molecular weight excluding hydrogens is 322 g/mol. The molecule has 0 aliphatic rings. The molecule has 0 spiro atoms. The standard InChI is InChI=1S/C19H21NO5/c1-11-5-7-16(21)14(9-11)19(23)25-13(3)18(22)20-15-10-12(2)6-8-17(15)24-4/h5-10,13,21H,1-4H3,(H,20,22). The van der Waals surface area contributed by atoms with Gasteiger partial charge in [-0.15, -0.1) is 0 Å². The van der Waals surface area contributed by atoms with E-state index >= 15 is 0 Å². The molecule has 2 aromatic rings. The first-order valence-electron chi connectivity index (χ1n) is 7.78. The normalized spacial score (nSPS) is 11.5. The summed E-state index contributed by atoms with van der Waals surface area (Å²) in [5.41, 5.74) is 2.26. The number of carbonyl (C=O) groups excluding carboxylic acids is 2. The molecule has 0 aliphatic carbocycles. The number of aryl methyl sites for hydroxylation is 2. The summed E-state index contributed by atoms with van der Waals surface area (Å²) in [5, 5.41) is 12.5. The van der Waals surface area contributed by atoms with Crippen LogP contribution in [0, 0.1) is 13.8 Å². The fourth-order valence-electron chi connectivity index (χ4n) is 2.24. The molecule has 1 unspecified atom stereocenters. The Kier molecular flexibility index (Phi) is 5.64. The van der Waals surface area contributed by atoms with Crippen molar-refractivity contribution in [2.45, 2.75) is 26.9 Å². The highest BCUT2D eigenvalue weighted by atomic mass is 16.5. The SMILES string of the molecule is COc1ccc(C)cc1NC(=O)C(C)OC(=O)c1cc(C)ccc1O. The lowest BCUT2D eigenvalue weighted by molar-refractivity contribution is -0.123.